The number of fused-ring (bicyclic) bond motifs is 1. The summed E-state index contributed by atoms with van der Waals surface area (Å²) in [5.74, 6) is 0.578. The quantitative estimate of drug-likeness (QED) is 0.266. The monoisotopic (exact) mass is 491 g/mol. The third-order valence-corrected chi connectivity index (χ3v) is 6.03. The van der Waals surface area contributed by atoms with Gasteiger partial charge in [-0.25, -0.2) is 9.37 Å². The van der Waals surface area contributed by atoms with Crippen LogP contribution in [0.25, 0.3) is 10.2 Å². The molecule has 35 heavy (non-hydrogen) atoms. The van der Waals surface area contributed by atoms with Crippen LogP contribution in [0.3, 0.4) is 0 Å². The predicted molar refractivity (Wildman–Crippen MR) is 139 cm³/mol. The van der Waals surface area contributed by atoms with Crippen LogP contribution >= 0.6 is 11.3 Å². The number of carbonyl (C=O) groups is 1. The maximum Gasteiger partial charge on any atom is 0.247 e. The highest BCUT2D eigenvalue weighted by Gasteiger charge is 2.13. The van der Waals surface area contributed by atoms with Crippen molar-refractivity contribution in [2.45, 2.75) is 12.8 Å². The lowest BCUT2D eigenvalue weighted by Gasteiger charge is -2.12. The molecule has 4 rings (SSSR count). The second-order valence-electron chi connectivity index (χ2n) is 8.15. The van der Waals surface area contributed by atoms with Gasteiger partial charge in [0.25, 0.3) is 0 Å². The lowest BCUT2D eigenvalue weighted by atomic mass is 10.1. The minimum atomic E-state index is -0.313. The zero-order chi connectivity index (χ0) is 24.8. The Morgan fingerprint density at radius 3 is 2.80 bits per heavy atom. The molecule has 0 radical (unpaired) electrons. The van der Waals surface area contributed by atoms with Gasteiger partial charge in [-0.3, -0.25) is 4.79 Å². The maximum atomic E-state index is 14.6. The molecule has 0 aliphatic heterocycles. The number of anilines is 3. The summed E-state index contributed by atoms with van der Waals surface area (Å²) in [7, 11) is 4.01. The fraction of sp³-hybridized carbons (Fsp3) is 0.192. The number of nitrogens with one attached hydrogen (secondary N) is 2. The molecule has 0 fully saturated rings. The largest absolute Gasteiger partial charge is 0.437 e. The number of hydrogen-bond donors (Lipinski definition) is 2. The molecule has 2 N–H and O–H groups in total. The van der Waals surface area contributed by atoms with E-state index in [9.17, 15) is 9.18 Å². The fourth-order valence-electron chi connectivity index (χ4n) is 3.45. The molecular weight excluding hydrogens is 465 g/mol. The average molecular weight is 492 g/mol. The fourth-order valence-corrected chi connectivity index (χ4v) is 4.20. The summed E-state index contributed by atoms with van der Waals surface area (Å²) in [5, 5.41) is 7.69. The van der Waals surface area contributed by atoms with Crippen molar-refractivity contribution in [2.24, 2.45) is 0 Å². The number of halogens is 1. The first-order chi connectivity index (χ1) is 16.9. The number of rotatable bonds is 10. The molecule has 0 atom stereocenters. The highest BCUT2D eigenvalue weighted by Crippen LogP contribution is 2.33. The van der Waals surface area contributed by atoms with Gasteiger partial charge >= 0.3 is 0 Å². The predicted octanol–water partition coefficient (Wildman–Crippen LogP) is 5.99. The second kappa shape index (κ2) is 11.1. The molecule has 0 saturated carbocycles. The first-order valence-corrected chi connectivity index (χ1v) is 12.0. The number of thiophene rings is 1. The molecule has 7 nitrogen and oxygen atoms in total. The summed E-state index contributed by atoms with van der Waals surface area (Å²) in [6.45, 7) is 4.36. The van der Waals surface area contributed by atoms with Gasteiger partial charge in [-0.1, -0.05) is 18.7 Å². The van der Waals surface area contributed by atoms with Crippen molar-refractivity contribution in [3.05, 3.63) is 77.9 Å². The van der Waals surface area contributed by atoms with Crippen LogP contribution in [0.1, 0.15) is 12.0 Å². The molecule has 2 aromatic carbocycles. The van der Waals surface area contributed by atoms with E-state index in [-0.39, 0.29) is 11.7 Å². The molecular formula is C26H26FN5O2S. The summed E-state index contributed by atoms with van der Waals surface area (Å²) < 4.78 is 21.5. The van der Waals surface area contributed by atoms with Gasteiger partial charge in [-0.15, -0.1) is 11.3 Å². The van der Waals surface area contributed by atoms with Crippen molar-refractivity contribution in [1.82, 2.24) is 14.9 Å². The van der Waals surface area contributed by atoms with Gasteiger partial charge in [0.15, 0.2) is 0 Å². The molecule has 9 heteroatoms. The van der Waals surface area contributed by atoms with Gasteiger partial charge in [0.05, 0.1) is 5.52 Å². The third-order valence-electron chi connectivity index (χ3n) is 5.13. The van der Waals surface area contributed by atoms with Crippen LogP contribution in [-0.4, -0.2) is 41.4 Å². The zero-order valence-electron chi connectivity index (χ0n) is 19.5. The van der Waals surface area contributed by atoms with E-state index in [2.05, 4.69) is 32.1 Å². The van der Waals surface area contributed by atoms with E-state index in [4.69, 9.17) is 4.74 Å². The Labute approximate surface area is 207 Å². The van der Waals surface area contributed by atoms with E-state index in [1.807, 2.05) is 31.6 Å². The average Bonchev–Trinajstić information content (AvgIpc) is 3.29. The first-order valence-electron chi connectivity index (χ1n) is 11.1. The number of benzene rings is 2. The van der Waals surface area contributed by atoms with Crippen molar-refractivity contribution in [2.75, 3.05) is 31.3 Å². The molecule has 0 unspecified atom stereocenters. The number of ether oxygens (including phenoxy) is 1. The second-order valence-corrected chi connectivity index (χ2v) is 9.06. The minimum Gasteiger partial charge on any atom is -0.437 e. The third kappa shape index (κ3) is 6.40. The normalized spacial score (nSPS) is 11.0. The van der Waals surface area contributed by atoms with Gasteiger partial charge in [0.2, 0.25) is 17.7 Å². The van der Waals surface area contributed by atoms with Crippen LogP contribution in [0, 0.1) is 5.82 Å². The van der Waals surface area contributed by atoms with Crippen LogP contribution in [0.5, 0.6) is 11.6 Å². The Morgan fingerprint density at radius 1 is 1.17 bits per heavy atom. The van der Waals surface area contributed by atoms with Crippen molar-refractivity contribution in [1.29, 1.82) is 0 Å². The topological polar surface area (TPSA) is 79.4 Å². The number of aromatic nitrogens is 2. The van der Waals surface area contributed by atoms with Crippen molar-refractivity contribution in [3.8, 4) is 11.6 Å². The maximum absolute atomic E-state index is 14.6. The standard InChI is InChI=1S/C26H26FN5O2S/c1-4-23(33)28-18-8-5-9-20(15-18)34-25-24-22(12-14-35-24)30-26(31-25)29-19-11-10-17(21(27)16-19)7-6-13-32(2)3/h4-5,8-12,14-16H,1,6-7,13H2,2-3H3,(H,28,33)(H,29,30,31). The number of aryl methyl sites for hydroxylation is 1. The summed E-state index contributed by atoms with van der Waals surface area (Å²) in [6.07, 6.45) is 2.75. The van der Waals surface area contributed by atoms with Gasteiger partial charge in [0.1, 0.15) is 16.3 Å². The Morgan fingerprint density at radius 2 is 2.03 bits per heavy atom. The van der Waals surface area contributed by atoms with Crippen LogP contribution in [0.2, 0.25) is 0 Å². The van der Waals surface area contributed by atoms with Crippen molar-refractivity contribution < 1.29 is 13.9 Å². The molecule has 0 aliphatic carbocycles. The van der Waals surface area contributed by atoms with Crippen molar-refractivity contribution >= 4 is 44.8 Å². The number of amides is 1. The smallest absolute Gasteiger partial charge is 0.247 e. The molecule has 0 aliphatic rings. The highest BCUT2D eigenvalue weighted by atomic mass is 32.1. The lowest BCUT2D eigenvalue weighted by Crippen LogP contribution is -2.13. The van der Waals surface area contributed by atoms with Gasteiger partial charge in [-0.2, -0.15) is 4.98 Å². The number of nitrogens with zero attached hydrogens (tertiary/aromatic N) is 3. The number of hydrogen-bond acceptors (Lipinski definition) is 7. The molecule has 0 spiro atoms. The number of carbonyl (C=O) groups excluding carboxylic acids is 1. The van der Waals surface area contributed by atoms with Gasteiger partial charge in [-0.05, 0) is 80.8 Å². The van der Waals surface area contributed by atoms with Gasteiger partial charge in [0, 0.05) is 17.4 Å². The van der Waals surface area contributed by atoms with E-state index in [1.54, 1.807) is 30.3 Å². The van der Waals surface area contributed by atoms with E-state index < -0.39 is 0 Å². The highest BCUT2D eigenvalue weighted by molar-refractivity contribution is 7.17. The van der Waals surface area contributed by atoms with Crippen LogP contribution < -0.4 is 15.4 Å². The van der Waals surface area contributed by atoms with E-state index >= 15 is 0 Å². The summed E-state index contributed by atoms with van der Waals surface area (Å²) in [5.41, 5.74) is 2.51. The molecule has 2 aromatic heterocycles. The molecule has 180 valence electrons. The summed E-state index contributed by atoms with van der Waals surface area (Å²) in [4.78, 5) is 22.7. The molecule has 2 heterocycles. The lowest BCUT2D eigenvalue weighted by molar-refractivity contribution is -0.111. The van der Waals surface area contributed by atoms with E-state index in [0.717, 1.165) is 17.7 Å². The molecule has 0 bridgehead atoms. The molecule has 4 aromatic rings. The Balaban J connectivity index is 1.54. The molecule has 1 amide bonds. The summed E-state index contributed by atoms with van der Waals surface area (Å²) in [6, 6.07) is 13.9. The summed E-state index contributed by atoms with van der Waals surface area (Å²) >= 11 is 1.46. The van der Waals surface area contributed by atoms with Crippen LogP contribution in [0.4, 0.5) is 21.7 Å². The Bertz CT molecular complexity index is 1350. The van der Waals surface area contributed by atoms with E-state index in [1.165, 1.54) is 23.5 Å². The first kappa shape index (κ1) is 24.3. The SMILES string of the molecule is C=CC(=O)Nc1cccc(Oc2nc(Nc3ccc(CCCN(C)C)c(F)c3)nc3ccsc23)c1. The Hall–Kier alpha value is -3.82. The van der Waals surface area contributed by atoms with Crippen molar-refractivity contribution in [3.63, 3.8) is 0 Å². The minimum absolute atomic E-state index is 0.264. The Kier molecular flexibility index (Phi) is 7.69. The molecule has 0 saturated heterocycles. The van der Waals surface area contributed by atoms with Crippen LogP contribution in [-0.2, 0) is 11.2 Å². The zero-order valence-corrected chi connectivity index (χ0v) is 20.4. The van der Waals surface area contributed by atoms with Crippen LogP contribution in [0.15, 0.2) is 66.6 Å². The van der Waals surface area contributed by atoms with E-state index in [0.29, 0.717) is 46.5 Å². The van der Waals surface area contributed by atoms with Gasteiger partial charge < -0.3 is 20.3 Å².